The van der Waals surface area contributed by atoms with Gasteiger partial charge in [0.15, 0.2) is 0 Å². The second-order valence-corrected chi connectivity index (χ2v) is 6.34. The summed E-state index contributed by atoms with van der Waals surface area (Å²) in [6, 6.07) is 0. The minimum atomic E-state index is 0.234. The molecule has 0 saturated heterocycles. The Morgan fingerprint density at radius 1 is 0.632 bits per heavy atom. The number of hydrogen-bond donors (Lipinski definition) is 1. The highest BCUT2D eigenvalue weighted by atomic mass is 16.3. The summed E-state index contributed by atoms with van der Waals surface area (Å²) in [7, 11) is 0. The first-order valence-corrected chi connectivity index (χ1v) is 8.85. The Morgan fingerprint density at radius 2 is 1.11 bits per heavy atom. The first-order chi connectivity index (χ1) is 9.24. The summed E-state index contributed by atoms with van der Waals surface area (Å²) in [4.78, 5) is 0. The summed E-state index contributed by atoms with van der Waals surface area (Å²) in [6.45, 7) is 7.15. The van der Waals surface area contributed by atoms with E-state index < -0.39 is 0 Å². The second-order valence-electron chi connectivity index (χ2n) is 6.34. The van der Waals surface area contributed by atoms with Gasteiger partial charge in [-0.3, -0.25) is 0 Å². The van der Waals surface area contributed by atoms with Crippen molar-refractivity contribution in [2.24, 2.45) is 5.41 Å². The van der Waals surface area contributed by atoms with Gasteiger partial charge in [-0.2, -0.15) is 0 Å². The molecule has 1 heteroatoms. The zero-order chi connectivity index (χ0) is 14.4. The van der Waals surface area contributed by atoms with Crippen molar-refractivity contribution in [1.29, 1.82) is 0 Å². The van der Waals surface area contributed by atoms with Crippen LogP contribution in [0.25, 0.3) is 0 Å². The first-order valence-electron chi connectivity index (χ1n) is 8.85. The fourth-order valence-corrected chi connectivity index (χ4v) is 2.93. The van der Waals surface area contributed by atoms with E-state index in [0.717, 1.165) is 6.42 Å². The van der Waals surface area contributed by atoms with Crippen molar-refractivity contribution < 1.29 is 5.11 Å². The van der Waals surface area contributed by atoms with Crippen LogP contribution in [-0.2, 0) is 0 Å². The number of aliphatic hydroxyl groups excluding tert-OH is 1. The van der Waals surface area contributed by atoms with E-state index in [9.17, 15) is 5.11 Å². The minimum Gasteiger partial charge on any atom is -0.396 e. The van der Waals surface area contributed by atoms with Gasteiger partial charge in [0.25, 0.3) is 0 Å². The van der Waals surface area contributed by atoms with Crippen LogP contribution in [0.1, 0.15) is 104 Å². The Morgan fingerprint density at radius 3 is 1.58 bits per heavy atom. The standard InChI is InChI=1S/C18H38O/c1-4-7-9-10-11-12-13-14-16-18(6-3,17-19)15-8-5-2/h19H,4-17H2,1-3H3. The lowest BCUT2D eigenvalue weighted by molar-refractivity contribution is 0.0944. The van der Waals surface area contributed by atoms with Gasteiger partial charge in [-0.1, -0.05) is 85.0 Å². The molecule has 0 aromatic rings. The number of unbranched alkanes of at least 4 members (excludes halogenated alkanes) is 8. The molecule has 0 aromatic heterocycles. The Balaban J connectivity index is 3.63. The molecule has 0 amide bonds. The van der Waals surface area contributed by atoms with Gasteiger partial charge in [-0.25, -0.2) is 0 Å². The van der Waals surface area contributed by atoms with Crippen molar-refractivity contribution in [3.8, 4) is 0 Å². The van der Waals surface area contributed by atoms with Crippen LogP contribution in [-0.4, -0.2) is 11.7 Å². The molecule has 116 valence electrons. The SMILES string of the molecule is CCCCCCCCCCC(CC)(CO)CCCC. The highest BCUT2D eigenvalue weighted by Gasteiger charge is 2.25. The molecule has 0 spiro atoms. The average molecular weight is 271 g/mol. The molecule has 0 saturated carbocycles. The summed E-state index contributed by atoms with van der Waals surface area (Å²) in [5.41, 5.74) is 0.234. The number of hydrogen-bond acceptors (Lipinski definition) is 1. The lowest BCUT2D eigenvalue weighted by atomic mass is 9.76. The zero-order valence-electron chi connectivity index (χ0n) is 13.8. The zero-order valence-corrected chi connectivity index (χ0v) is 13.8. The maximum Gasteiger partial charge on any atom is 0.0487 e. The third-order valence-corrected chi connectivity index (χ3v) is 4.71. The van der Waals surface area contributed by atoms with Gasteiger partial charge in [0, 0.05) is 6.61 Å². The fourth-order valence-electron chi connectivity index (χ4n) is 2.93. The molecule has 0 aromatic carbocycles. The minimum absolute atomic E-state index is 0.234. The normalized spacial score (nSPS) is 14.5. The van der Waals surface area contributed by atoms with Crippen LogP contribution >= 0.6 is 0 Å². The third-order valence-electron chi connectivity index (χ3n) is 4.71. The molecule has 1 atom stereocenters. The largest absolute Gasteiger partial charge is 0.396 e. The van der Waals surface area contributed by atoms with Crippen molar-refractivity contribution in [1.82, 2.24) is 0 Å². The van der Waals surface area contributed by atoms with E-state index in [1.165, 1.54) is 77.0 Å². The van der Waals surface area contributed by atoms with Crippen LogP contribution in [0.2, 0.25) is 0 Å². The summed E-state index contributed by atoms with van der Waals surface area (Å²) >= 11 is 0. The number of aliphatic hydroxyl groups is 1. The van der Waals surface area contributed by atoms with Gasteiger partial charge in [0.1, 0.15) is 0 Å². The fraction of sp³-hybridized carbons (Fsp3) is 1.00. The second kappa shape index (κ2) is 13.0. The Hall–Kier alpha value is -0.0400. The van der Waals surface area contributed by atoms with Gasteiger partial charge < -0.3 is 5.11 Å². The van der Waals surface area contributed by atoms with Gasteiger partial charge in [0.2, 0.25) is 0 Å². The molecule has 0 aliphatic heterocycles. The van der Waals surface area contributed by atoms with Gasteiger partial charge in [-0.15, -0.1) is 0 Å². The molecule has 0 radical (unpaired) electrons. The Bertz CT molecular complexity index is 173. The van der Waals surface area contributed by atoms with Gasteiger partial charge in [-0.05, 0) is 24.7 Å². The summed E-state index contributed by atoms with van der Waals surface area (Å²) in [5.74, 6) is 0. The smallest absolute Gasteiger partial charge is 0.0487 e. The van der Waals surface area contributed by atoms with Crippen LogP contribution in [0.4, 0.5) is 0 Å². The van der Waals surface area contributed by atoms with Crippen LogP contribution in [0, 0.1) is 5.41 Å². The molecular weight excluding hydrogens is 232 g/mol. The van der Waals surface area contributed by atoms with E-state index in [4.69, 9.17) is 0 Å². The average Bonchev–Trinajstić information content (AvgIpc) is 2.45. The van der Waals surface area contributed by atoms with E-state index in [2.05, 4.69) is 20.8 Å². The Labute approximate surface area is 122 Å². The molecule has 0 bridgehead atoms. The molecule has 0 aliphatic rings. The molecule has 0 fully saturated rings. The molecule has 1 N–H and O–H groups in total. The van der Waals surface area contributed by atoms with Crippen LogP contribution in [0.15, 0.2) is 0 Å². The van der Waals surface area contributed by atoms with E-state index in [-0.39, 0.29) is 5.41 Å². The summed E-state index contributed by atoms with van der Waals surface area (Å²) < 4.78 is 0. The van der Waals surface area contributed by atoms with Gasteiger partial charge >= 0.3 is 0 Å². The molecular formula is C18H38O. The van der Waals surface area contributed by atoms with E-state index in [1.54, 1.807) is 0 Å². The molecule has 0 aliphatic carbocycles. The summed E-state index contributed by atoms with van der Waals surface area (Å²) in [6.07, 6.45) is 17.2. The van der Waals surface area contributed by atoms with Crippen LogP contribution < -0.4 is 0 Å². The van der Waals surface area contributed by atoms with Crippen molar-refractivity contribution in [2.75, 3.05) is 6.61 Å². The highest BCUT2D eigenvalue weighted by Crippen LogP contribution is 2.34. The molecule has 0 heterocycles. The first kappa shape index (κ1) is 19.0. The quantitative estimate of drug-likeness (QED) is 0.378. The number of rotatable bonds is 14. The van der Waals surface area contributed by atoms with Crippen molar-refractivity contribution in [3.63, 3.8) is 0 Å². The van der Waals surface area contributed by atoms with Crippen molar-refractivity contribution in [3.05, 3.63) is 0 Å². The predicted molar refractivity (Wildman–Crippen MR) is 86.6 cm³/mol. The van der Waals surface area contributed by atoms with E-state index in [0.29, 0.717) is 6.61 Å². The molecule has 1 unspecified atom stereocenters. The lowest BCUT2D eigenvalue weighted by Gasteiger charge is -2.31. The maximum atomic E-state index is 9.70. The van der Waals surface area contributed by atoms with Gasteiger partial charge in [0.05, 0.1) is 0 Å². The maximum absolute atomic E-state index is 9.70. The topological polar surface area (TPSA) is 20.2 Å². The highest BCUT2D eigenvalue weighted by molar-refractivity contribution is 4.77. The van der Waals surface area contributed by atoms with Crippen LogP contribution in [0.5, 0.6) is 0 Å². The third kappa shape index (κ3) is 9.49. The molecule has 0 rings (SSSR count). The summed E-state index contributed by atoms with van der Waals surface area (Å²) in [5, 5.41) is 9.70. The monoisotopic (exact) mass is 270 g/mol. The van der Waals surface area contributed by atoms with Crippen LogP contribution in [0.3, 0.4) is 0 Å². The predicted octanol–water partition coefficient (Wildman–Crippen LogP) is 6.10. The van der Waals surface area contributed by atoms with E-state index in [1.807, 2.05) is 0 Å². The molecule has 19 heavy (non-hydrogen) atoms. The van der Waals surface area contributed by atoms with Crippen molar-refractivity contribution in [2.45, 2.75) is 104 Å². The Kier molecular flexibility index (Phi) is 12.9. The van der Waals surface area contributed by atoms with Crippen molar-refractivity contribution >= 4 is 0 Å². The molecule has 1 nitrogen and oxygen atoms in total. The van der Waals surface area contributed by atoms with E-state index >= 15 is 0 Å². The lowest BCUT2D eigenvalue weighted by Crippen LogP contribution is -2.24.